The molecule has 1 aromatic heterocycles. The summed E-state index contributed by atoms with van der Waals surface area (Å²) in [7, 11) is 2.00. The van der Waals surface area contributed by atoms with E-state index in [2.05, 4.69) is 16.8 Å². The molecule has 0 bridgehead atoms. The second-order valence-electron chi connectivity index (χ2n) is 5.34. The molecule has 4 heteroatoms. The molecule has 0 fully saturated rings. The van der Waals surface area contributed by atoms with Gasteiger partial charge >= 0.3 is 0 Å². The molecule has 20 heavy (non-hydrogen) atoms. The number of rotatable bonds is 5. The van der Waals surface area contributed by atoms with E-state index in [0.29, 0.717) is 17.4 Å². The molecule has 0 unspecified atom stereocenters. The minimum atomic E-state index is -0.378. The molecule has 1 N–H and O–H groups in total. The maximum absolute atomic E-state index is 13.3. The van der Waals surface area contributed by atoms with Crippen LogP contribution in [0.4, 0.5) is 4.39 Å². The van der Waals surface area contributed by atoms with E-state index in [9.17, 15) is 9.18 Å². The molecular weight excluding hydrogens is 255 g/mol. The van der Waals surface area contributed by atoms with Gasteiger partial charge in [-0.3, -0.25) is 4.79 Å². The molecule has 0 amide bonds. The first-order chi connectivity index (χ1) is 9.52. The van der Waals surface area contributed by atoms with Gasteiger partial charge in [-0.15, -0.1) is 0 Å². The second kappa shape index (κ2) is 6.18. The number of pyridine rings is 1. The van der Waals surface area contributed by atoms with Crippen molar-refractivity contribution in [3.05, 3.63) is 45.5 Å². The Bertz CT molecular complexity index is 663. The summed E-state index contributed by atoms with van der Waals surface area (Å²) in [5.74, 6) is -0.378. The molecule has 0 spiro atoms. The lowest BCUT2D eigenvalue weighted by molar-refractivity contribution is 0.319. The van der Waals surface area contributed by atoms with E-state index in [0.717, 1.165) is 30.6 Å². The largest absolute Gasteiger partial charge is 0.358 e. The molecule has 0 aliphatic carbocycles. The van der Waals surface area contributed by atoms with Crippen LogP contribution in [0.5, 0.6) is 0 Å². The molecule has 3 nitrogen and oxygen atoms in total. The van der Waals surface area contributed by atoms with Crippen molar-refractivity contribution < 1.29 is 4.39 Å². The molecule has 0 saturated heterocycles. The number of unbranched alkanes of at least 4 members (excludes halogenated alkanes) is 1. The number of halogens is 1. The third kappa shape index (κ3) is 3.07. The zero-order valence-electron chi connectivity index (χ0n) is 12.3. The Balaban J connectivity index is 2.40. The quantitative estimate of drug-likeness (QED) is 0.910. The molecule has 2 aromatic rings. The van der Waals surface area contributed by atoms with Crippen molar-refractivity contribution in [2.24, 2.45) is 0 Å². The summed E-state index contributed by atoms with van der Waals surface area (Å²) in [6.45, 7) is 5.59. The van der Waals surface area contributed by atoms with E-state index in [4.69, 9.17) is 0 Å². The zero-order chi connectivity index (χ0) is 14.7. The lowest BCUT2D eigenvalue weighted by Gasteiger charge is -2.17. The number of nitrogens with one attached hydrogen (secondary N) is 1. The molecule has 2 rings (SSSR count). The highest BCUT2D eigenvalue weighted by atomic mass is 19.1. The summed E-state index contributed by atoms with van der Waals surface area (Å²) < 4.78 is 13.3. The maximum Gasteiger partial charge on any atom is 0.194 e. The Morgan fingerprint density at radius 2 is 2.10 bits per heavy atom. The van der Waals surface area contributed by atoms with Crippen LogP contribution in [-0.4, -0.2) is 23.5 Å². The van der Waals surface area contributed by atoms with Crippen molar-refractivity contribution in [3.8, 4) is 0 Å². The molecule has 0 aliphatic rings. The molecule has 1 aromatic carbocycles. The van der Waals surface area contributed by atoms with Gasteiger partial charge in [0.15, 0.2) is 5.43 Å². The third-order valence-corrected chi connectivity index (χ3v) is 3.60. The van der Waals surface area contributed by atoms with E-state index in [-0.39, 0.29) is 11.2 Å². The average molecular weight is 276 g/mol. The SMILES string of the molecule is CCCCN(C)Cc1c(C)[nH]c2ccc(F)cc2c1=O. The van der Waals surface area contributed by atoms with Gasteiger partial charge in [0.1, 0.15) is 5.82 Å². The number of H-pyrrole nitrogens is 1. The monoisotopic (exact) mass is 276 g/mol. The Morgan fingerprint density at radius 1 is 1.35 bits per heavy atom. The number of hydrogen-bond acceptors (Lipinski definition) is 2. The van der Waals surface area contributed by atoms with Crippen molar-refractivity contribution in [3.63, 3.8) is 0 Å². The molecule has 0 saturated carbocycles. The van der Waals surface area contributed by atoms with Crippen molar-refractivity contribution >= 4 is 10.9 Å². The van der Waals surface area contributed by atoms with E-state index in [1.165, 1.54) is 12.1 Å². The summed E-state index contributed by atoms with van der Waals surface area (Å²) in [5, 5.41) is 0.425. The van der Waals surface area contributed by atoms with Crippen LogP contribution >= 0.6 is 0 Å². The van der Waals surface area contributed by atoms with Gasteiger partial charge in [-0.2, -0.15) is 0 Å². The number of aryl methyl sites for hydroxylation is 1. The Labute approximate surface area is 118 Å². The molecule has 0 aliphatic heterocycles. The van der Waals surface area contributed by atoms with Crippen molar-refractivity contribution in [2.75, 3.05) is 13.6 Å². The average Bonchev–Trinajstić information content (AvgIpc) is 2.42. The normalized spacial score (nSPS) is 11.4. The lowest BCUT2D eigenvalue weighted by Crippen LogP contribution is -2.25. The molecule has 0 radical (unpaired) electrons. The van der Waals surface area contributed by atoms with Gasteiger partial charge in [0.25, 0.3) is 0 Å². The summed E-state index contributed by atoms with van der Waals surface area (Å²) in [5.41, 5.74) is 2.20. The Hall–Kier alpha value is -1.68. The summed E-state index contributed by atoms with van der Waals surface area (Å²) >= 11 is 0. The number of benzene rings is 1. The molecular formula is C16H21FN2O. The van der Waals surface area contributed by atoms with Crippen LogP contribution in [0.25, 0.3) is 10.9 Å². The smallest absolute Gasteiger partial charge is 0.194 e. The van der Waals surface area contributed by atoms with Gasteiger partial charge in [0.2, 0.25) is 0 Å². The summed E-state index contributed by atoms with van der Waals surface area (Å²) in [4.78, 5) is 17.8. The number of aromatic amines is 1. The lowest BCUT2D eigenvalue weighted by atomic mass is 10.1. The van der Waals surface area contributed by atoms with E-state index in [1.807, 2.05) is 14.0 Å². The van der Waals surface area contributed by atoms with Crippen molar-refractivity contribution in [1.82, 2.24) is 9.88 Å². The van der Waals surface area contributed by atoms with Crippen LogP contribution in [0, 0.1) is 12.7 Å². The van der Waals surface area contributed by atoms with Crippen LogP contribution < -0.4 is 5.43 Å². The first-order valence-corrected chi connectivity index (χ1v) is 7.02. The number of fused-ring (bicyclic) bond motifs is 1. The van der Waals surface area contributed by atoms with E-state index < -0.39 is 0 Å². The summed E-state index contributed by atoms with van der Waals surface area (Å²) in [6, 6.07) is 4.29. The Morgan fingerprint density at radius 3 is 2.80 bits per heavy atom. The van der Waals surface area contributed by atoms with Gasteiger partial charge in [-0.25, -0.2) is 4.39 Å². The standard InChI is InChI=1S/C16H21FN2O/c1-4-5-8-19(3)10-14-11(2)18-15-7-6-12(17)9-13(15)16(14)20/h6-7,9H,4-5,8,10H2,1-3H3,(H,18,20). The van der Waals surface area contributed by atoms with Crippen molar-refractivity contribution in [1.29, 1.82) is 0 Å². The number of nitrogens with zero attached hydrogens (tertiary/aromatic N) is 1. The Kier molecular flexibility index (Phi) is 4.55. The molecule has 0 atom stereocenters. The van der Waals surface area contributed by atoms with Crippen LogP contribution in [0.3, 0.4) is 0 Å². The first kappa shape index (κ1) is 14.7. The van der Waals surface area contributed by atoms with Crippen LogP contribution in [0.1, 0.15) is 31.0 Å². The maximum atomic E-state index is 13.3. The zero-order valence-corrected chi connectivity index (χ0v) is 12.3. The fourth-order valence-corrected chi connectivity index (χ4v) is 2.39. The van der Waals surface area contributed by atoms with Gasteiger partial charge < -0.3 is 9.88 Å². The van der Waals surface area contributed by atoms with Crippen LogP contribution in [0.2, 0.25) is 0 Å². The van der Waals surface area contributed by atoms with Gasteiger partial charge in [0, 0.05) is 28.7 Å². The topological polar surface area (TPSA) is 36.1 Å². The second-order valence-corrected chi connectivity index (χ2v) is 5.34. The minimum absolute atomic E-state index is 0.0703. The van der Waals surface area contributed by atoms with Crippen molar-refractivity contribution in [2.45, 2.75) is 33.2 Å². The van der Waals surface area contributed by atoms with Gasteiger partial charge in [-0.1, -0.05) is 13.3 Å². The van der Waals surface area contributed by atoms with Crippen LogP contribution in [0.15, 0.2) is 23.0 Å². The molecule has 108 valence electrons. The number of hydrogen-bond donors (Lipinski definition) is 1. The highest BCUT2D eigenvalue weighted by Crippen LogP contribution is 2.14. The van der Waals surface area contributed by atoms with Gasteiger partial charge in [0.05, 0.1) is 0 Å². The fourth-order valence-electron chi connectivity index (χ4n) is 2.39. The van der Waals surface area contributed by atoms with Crippen LogP contribution in [-0.2, 0) is 6.54 Å². The van der Waals surface area contributed by atoms with E-state index >= 15 is 0 Å². The minimum Gasteiger partial charge on any atom is -0.358 e. The van der Waals surface area contributed by atoms with E-state index in [1.54, 1.807) is 6.07 Å². The predicted octanol–water partition coefficient (Wildman–Crippen LogP) is 3.21. The fraction of sp³-hybridized carbons (Fsp3) is 0.438. The molecule has 1 heterocycles. The summed E-state index contributed by atoms with van der Waals surface area (Å²) in [6.07, 6.45) is 2.23. The highest BCUT2D eigenvalue weighted by molar-refractivity contribution is 5.79. The highest BCUT2D eigenvalue weighted by Gasteiger charge is 2.11. The first-order valence-electron chi connectivity index (χ1n) is 7.02. The van der Waals surface area contributed by atoms with Gasteiger partial charge in [-0.05, 0) is 45.1 Å². The predicted molar refractivity (Wildman–Crippen MR) is 80.5 cm³/mol. The number of aromatic nitrogens is 1. The third-order valence-electron chi connectivity index (χ3n) is 3.60.